The lowest BCUT2D eigenvalue weighted by molar-refractivity contribution is 0.0703. The van der Waals surface area contributed by atoms with Crippen molar-refractivity contribution < 1.29 is 14.7 Å². The lowest BCUT2D eigenvalue weighted by atomic mass is 10.1. The minimum atomic E-state index is -1.07. The summed E-state index contributed by atoms with van der Waals surface area (Å²) >= 11 is 14.9. The van der Waals surface area contributed by atoms with Crippen LogP contribution in [0.3, 0.4) is 0 Å². The number of amides is 1. The van der Waals surface area contributed by atoms with E-state index in [0.717, 1.165) is 26.7 Å². The molecule has 0 radical (unpaired) electrons. The Hall–Kier alpha value is -1.86. The van der Waals surface area contributed by atoms with Gasteiger partial charge in [-0.15, -0.1) is 22.7 Å². The Labute approximate surface area is 180 Å². The number of benzene rings is 1. The molecule has 0 saturated heterocycles. The van der Waals surface area contributed by atoms with E-state index in [9.17, 15) is 14.7 Å². The molecule has 2 aromatic heterocycles. The number of nitrogens with zero attached hydrogens (tertiary/aromatic N) is 1. The monoisotopic (exact) mass is 453 g/mol. The summed E-state index contributed by atoms with van der Waals surface area (Å²) < 4.78 is 0. The van der Waals surface area contributed by atoms with E-state index >= 15 is 0 Å². The molecule has 4 nitrogen and oxygen atoms in total. The number of rotatable bonds is 5. The van der Waals surface area contributed by atoms with Crippen molar-refractivity contribution in [3.63, 3.8) is 0 Å². The van der Waals surface area contributed by atoms with Crippen molar-refractivity contribution in [2.24, 2.45) is 0 Å². The fraction of sp³-hybridized carbons (Fsp3) is 0.200. The Morgan fingerprint density at radius 2 is 1.86 bits per heavy atom. The highest BCUT2D eigenvalue weighted by Gasteiger charge is 2.29. The van der Waals surface area contributed by atoms with E-state index in [0.29, 0.717) is 10.7 Å². The molecule has 8 heteroatoms. The van der Waals surface area contributed by atoms with Gasteiger partial charge in [0.05, 0.1) is 16.3 Å². The SMILES string of the molecule is Cc1cc(-c2cc(N(C(=O)c3ccc(Cl)cc3Cl)C(C)C)c(C(=O)O)s2)cs1. The average Bonchev–Trinajstić information content (AvgIpc) is 3.21. The molecule has 0 unspecified atom stereocenters. The minimum Gasteiger partial charge on any atom is -0.477 e. The summed E-state index contributed by atoms with van der Waals surface area (Å²) in [7, 11) is 0. The maximum absolute atomic E-state index is 13.3. The van der Waals surface area contributed by atoms with Gasteiger partial charge in [-0.2, -0.15) is 0 Å². The third-order valence-electron chi connectivity index (χ3n) is 4.08. The van der Waals surface area contributed by atoms with Crippen molar-refractivity contribution in [1.82, 2.24) is 0 Å². The molecule has 146 valence electrons. The first kappa shape index (κ1) is 20.9. The topological polar surface area (TPSA) is 57.6 Å². The largest absolute Gasteiger partial charge is 0.477 e. The van der Waals surface area contributed by atoms with Gasteiger partial charge >= 0.3 is 5.97 Å². The van der Waals surface area contributed by atoms with Gasteiger partial charge < -0.3 is 10.0 Å². The van der Waals surface area contributed by atoms with Gasteiger partial charge in [-0.25, -0.2) is 4.79 Å². The number of hydrogen-bond acceptors (Lipinski definition) is 4. The lowest BCUT2D eigenvalue weighted by Gasteiger charge is -2.27. The molecule has 0 bridgehead atoms. The molecule has 0 aliphatic heterocycles. The molecule has 3 rings (SSSR count). The highest BCUT2D eigenvalue weighted by molar-refractivity contribution is 7.18. The van der Waals surface area contributed by atoms with Crippen LogP contribution in [0.25, 0.3) is 10.4 Å². The normalized spacial score (nSPS) is 11.1. The van der Waals surface area contributed by atoms with Crippen molar-refractivity contribution in [3.8, 4) is 10.4 Å². The third-order valence-corrected chi connectivity index (χ3v) is 6.65. The summed E-state index contributed by atoms with van der Waals surface area (Å²) in [5.74, 6) is -1.44. The number of carbonyl (C=O) groups is 2. The summed E-state index contributed by atoms with van der Waals surface area (Å²) in [6.07, 6.45) is 0. The molecule has 0 fully saturated rings. The molecule has 0 aliphatic rings. The first-order valence-electron chi connectivity index (χ1n) is 8.40. The number of carboxylic acid groups (broad SMARTS) is 1. The molecular weight excluding hydrogens is 437 g/mol. The van der Waals surface area contributed by atoms with E-state index in [2.05, 4.69) is 0 Å². The van der Waals surface area contributed by atoms with Gasteiger partial charge in [0, 0.05) is 26.4 Å². The summed E-state index contributed by atoms with van der Waals surface area (Å²) in [4.78, 5) is 28.7. The average molecular weight is 454 g/mol. The van der Waals surface area contributed by atoms with E-state index < -0.39 is 5.97 Å². The maximum atomic E-state index is 13.3. The molecule has 0 spiro atoms. The van der Waals surface area contributed by atoms with E-state index in [1.807, 2.05) is 32.2 Å². The first-order chi connectivity index (χ1) is 13.2. The molecular formula is C20H17Cl2NO3S2. The van der Waals surface area contributed by atoms with Crippen LogP contribution in [-0.4, -0.2) is 23.0 Å². The standard InChI is InChI=1S/C20H17Cl2NO3S2/c1-10(2)23(19(24)14-5-4-13(21)7-15(14)22)16-8-17(28-18(16)20(25)26)12-6-11(3)27-9-12/h4-10H,1-3H3,(H,25,26). The van der Waals surface area contributed by atoms with Crippen LogP contribution in [0, 0.1) is 6.92 Å². The predicted molar refractivity (Wildman–Crippen MR) is 118 cm³/mol. The van der Waals surface area contributed by atoms with Gasteiger partial charge in [-0.3, -0.25) is 4.79 Å². The third kappa shape index (κ3) is 4.10. The van der Waals surface area contributed by atoms with Gasteiger partial charge in [-0.1, -0.05) is 23.2 Å². The number of anilines is 1. The van der Waals surface area contributed by atoms with Crippen molar-refractivity contribution >= 4 is 63.4 Å². The fourth-order valence-corrected chi connectivity index (χ4v) is 5.09. The van der Waals surface area contributed by atoms with Crippen molar-refractivity contribution in [2.45, 2.75) is 26.8 Å². The Morgan fingerprint density at radius 3 is 2.39 bits per heavy atom. The molecule has 0 atom stereocenters. The maximum Gasteiger partial charge on any atom is 0.348 e. The van der Waals surface area contributed by atoms with Crippen LogP contribution in [0.15, 0.2) is 35.7 Å². The predicted octanol–water partition coefficient (Wildman–Crippen LogP) is 6.85. The van der Waals surface area contributed by atoms with Crippen LogP contribution < -0.4 is 4.90 Å². The number of halogens is 2. The number of thiophene rings is 2. The highest BCUT2D eigenvalue weighted by atomic mass is 35.5. The van der Waals surface area contributed by atoms with E-state index in [-0.39, 0.29) is 27.4 Å². The van der Waals surface area contributed by atoms with Gasteiger partial charge in [0.25, 0.3) is 5.91 Å². The highest BCUT2D eigenvalue weighted by Crippen LogP contribution is 2.40. The number of aryl methyl sites for hydroxylation is 1. The molecule has 28 heavy (non-hydrogen) atoms. The summed E-state index contributed by atoms with van der Waals surface area (Å²) in [6, 6.07) is 8.13. The summed E-state index contributed by atoms with van der Waals surface area (Å²) in [6.45, 7) is 5.66. The van der Waals surface area contributed by atoms with Crippen molar-refractivity contribution in [1.29, 1.82) is 0 Å². The lowest BCUT2D eigenvalue weighted by Crippen LogP contribution is -2.37. The van der Waals surface area contributed by atoms with Crippen LogP contribution in [0.5, 0.6) is 0 Å². The molecule has 1 N–H and O–H groups in total. The zero-order chi connectivity index (χ0) is 20.6. The molecule has 3 aromatic rings. The van der Waals surface area contributed by atoms with Crippen LogP contribution in [0.4, 0.5) is 5.69 Å². The molecule has 0 aliphatic carbocycles. The van der Waals surface area contributed by atoms with E-state index in [1.54, 1.807) is 29.5 Å². The molecule has 1 amide bonds. The summed E-state index contributed by atoms with van der Waals surface area (Å²) in [5, 5.41) is 12.4. The smallest absolute Gasteiger partial charge is 0.348 e. The zero-order valence-electron chi connectivity index (χ0n) is 15.3. The quantitative estimate of drug-likeness (QED) is 0.459. The Balaban J connectivity index is 2.12. The van der Waals surface area contributed by atoms with Gasteiger partial charge in [-0.05, 0) is 56.5 Å². The van der Waals surface area contributed by atoms with E-state index in [4.69, 9.17) is 23.2 Å². The second kappa shape index (κ2) is 8.25. The number of carbonyl (C=O) groups excluding carboxylic acids is 1. The summed E-state index contributed by atoms with van der Waals surface area (Å²) in [5.41, 5.74) is 1.58. The second-order valence-corrected chi connectivity index (χ2v) is 9.48. The number of aromatic carboxylic acids is 1. The number of carboxylic acids is 1. The van der Waals surface area contributed by atoms with Crippen LogP contribution in [-0.2, 0) is 0 Å². The first-order valence-corrected chi connectivity index (χ1v) is 10.9. The Bertz CT molecular complexity index is 1060. The van der Waals surface area contributed by atoms with Crippen LogP contribution in [0.1, 0.15) is 38.8 Å². The Kier molecular flexibility index (Phi) is 6.15. The second-order valence-electron chi connectivity index (χ2n) is 6.47. The van der Waals surface area contributed by atoms with E-state index in [1.165, 1.54) is 11.0 Å². The molecule has 1 aromatic carbocycles. The van der Waals surface area contributed by atoms with Crippen LogP contribution >= 0.6 is 45.9 Å². The minimum absolute atomic E-state index is 0.117. The molecule has 0 saturated carbocycles. The Morgan fingerprint density at radius 1 is 1.14 bits per heavy atom. The van der Waals surface area contributed by atoms with Crippen molar-refractivity contribution in [2.75, 3.05) is 4.90 Å². The van der Waals surface area contributed by atoms with Gasteiger partial charge in [0.2, 0.25) is 0 Å². The fourth-order valence-electron chi connectivity index (χ4n) is 2.84. The van der Waals surface area contributed by atoms with Crippen LogP contribution in [0.2, 0.25) is 10.0 Å². The van der Waals surface area contributed by atoms with Gasteiger partial charge in [0.15, 0.2) is 0 Å². The number of hydrogen-bond donors (Lipinski definition) is 1. The molecule has 2 heterocycles. The van der Waals surface area contributed by atoms with Crippen molar-refractivity contribution in [3.05, 3.63) is 61.1 Å². The zero-order valence-corrected chi connectivity index (χ0v) is 18.5. The van der Waals surface area contributed by atoms with Gasteiger partial charge in [0.1, 0.15) is 4.88 Å².